The molecule has 2 rings (SSSR count). The van der Waals surface area contributed by atoms with E-state index in [0.717, 1.165) is 29.8 Å². The van der Waals surface area contributed by atoms with E-state index in [4.69, 9.17) is 0 Å². The smallest absolute Gasteiger partial charge is 0.246 e. The van der Waals surface area contributed by atoms with Crippen molar-refractivity contribution in [2.24, 2.45) is 0 Å². The fourth-order valence-electron chi connectivity index (χ4n) is 2.96. The molecule has 1 saturated heterocycles. The molecule has 0 saturated carbocycles. The Morgan fingerprint density at radius 2 is 1.78 bits per heavy atom. The molecule has 1 aliphatic heterocycles. The number of piperidine rings is 1. The summed E-state index contributed by atoms with van der Waals surface area (Å²) in [4.78, 5) is 14.5. The van der Waals surface area contributed by atoms with Crippen molar-refractivity contribution in [3.63, 3.8) is 0 Å². The number of hydrogen-bond donors (Lipinski definition) is 0. The third kappa shape index (κ3) is 4.22. The van der Waals surface area contributed by atoms with Crippen LogP contribution in [0.5, 0.6) is 0 Å². The van der Waals surface area contributed by atoms with Gasteiger partial charge in [-0.15, -0.1) is 0 Å². The molecule has 0 spiro atoms. The van der Waals surface area contributed by atoms with Crippen LogP contribution in [0, 0.1) is 5.82 Å². The minimum absolute atomic E-state index is 0.179. The molecule has 1 aromatic rings. The maximum Gasteiger partial charge on any atom is 0.246 e. The Bertz CT molecular complexity index is 640. The quantitative estimate of drug-likeness (QED) is 0.825. The Morgan fingerprint density at radius 3 is 2.26 bits per heavy atom. The summed E-state index contributed by atoms with van der Waals surface area (Å²) in [6.07, 6.45) is 4.41. The van der Waals surface area contributed by atoms with Gasteiger partial charge in [0.1, 0.15) is 11.9 Å². The average molecular weight is 342 g/mol. The lowest BCUT2D eigenvalue weighted by Gasteiger charge is -2.35. The first-order valence-electron chi connectivity index (χ1n) is 7.88. The van der Waals surface area contributed by atoms with Gasteiger partial charge in [0.25, 0.3) is 0 Å². The van der Waals surface area contributed by atoms with Crippen LogP contribution >= 0.6 is 0 Å². The van der Waals surface area contributed by atoms with Crippen LogP contribution < -0.4 is 4.31 Å². The second kappa shape index (κ2) is 7.29. The lowest BCUT2D eigenvalue weighted by atomic mass is 10.1. The Labute approximate surface area is 137 Å². The second-order valence-corrected chi connectivity index (χ2v) is 7.70. The molecule has 0 aliphatic carbocycles. The molecule has 0 radical (unpaired) electrons. The summed E-state index contributed by atoms with van der Waals surface area (Å²) in [7, 11) is -3.66. The summed E-state index contributed by atoms with van der Waals surface area (Å²) in [5.74, 6) is -0.625. The summed E-state index contributed by atoms with van der Waals surface area (Å²) < 4.78 is 38.8. The van der Waals surface area contributed by atoms with Crippen molar-refractivity contribution in [3.05, 3.63) is 30.1 Å². The topological polar surface area (TPSA) is 57.7 Å². The van der Waals surface area contributed by atoms with Gasteiger partial charge in [0.15, 0.2) is 0 Å². The first kappa shape index (κ1) is 17.7. The van der Waals surface area contributed by atoms with Gasteiger partial charge in [-0.05, 0) is 49.9 Å². The van der Waals surface area contributed by atoms with Crippen molar-refractivity contribution in [3.8, 4) is 0 Å². The van der Waals surface area contributed by atoms with Gasteiger partial charge in [0, 0.05) is 13.1 Å². The highest BCUT2D eigenvalue weighted by Crippen LogP contribution is 2.24. The molecular formula is C16H23FN2O3S. The Kier molecular flexibility index (Phi) is 5.62. The zero-order chi connectivity index (χ0) is 17.0. The van der Waals surface area contributed by atoms with Crippen LogP contribution in [0.15, 0.2) is 24.3 Å². The van der Waals surface area contributed by atoms with Crippen LogP contribution in [0.3, 0.4) is 0 Å². The second-order valence-electron chi connectivity index (χ2n) is 5.85. The van der Waals surface area contributed by atoms with Crippen LogP contribution in [-0.4, -0.2) is 44.6 Å². The first-order chi connectivity index (χ1) is 10.8. The minimum Gasteiger partial charge on any atom is -0.341 e. The van der Waals surface area contributed by atoms with Gasteiger partial charge >= 0.3 is 0 Å². The standard InChI is InChI=1S/C16H23FN2O3S/c1-3-15(16(20)18-11-5-4-6-12-18)19(23(2,21)22)14-9-7-13(17)8-10-14/h7-10,15H,3-6,11-12H2,1-2H3/t15-/m0/s1. The summed E-state index contributed by atoms with van der Waals surface area (Å²) in [5.41, 5.74) is 0.311. The predicted molar refractivity (Wildman–Crippen MR) is 88.2 cm³/mol. The van der Waals surface area contributed by atoms with Crippen molar-refractivity contribution in [1.29, 1.82) is 0 Å². The largest absolute Gasteiger partial charge is 0.341 e. The van der Waals surface area contributed by atoms with Gasteiger partial charge in [-0.1, -0.05) is 6.92 Å². The minimum atomic E-state index is -3.66. The zero-order valence-corrected chi connectivity index (χ0v) is 14.4. The molecule has 23 heavy (non-hydrogen) atoms. The number of halogens is 1. The number of sulfonamides is 1. The third-order valence-corrected chi connectivity index (χ3v) is 5.24. The predicted octanol–water partition coefficient (Wildman–Crippen LogP) is 2.38. The molecule has 128 valence electrons. The fraction of sp³-hybridized carbons (Fsp3) is 0.562. The number of benzene rings is 1. The summed E-state index contributed by atoms with van der Waals surface area (Å²) in [6.45, 7) is 3.11. The summed E-state index contributed by atoms with van der Waals surface area (Å²) in [5, 5.41) is 0. The van der Waals surface area contributed by atoms with Crippen LogP contribution in [0.25, 0.3) is 0 Å². The summed E-state index contributed by atoms with van der Waals surface area (Å²) in [6, 6.07) is 4.39. The van der Waals surface area contributed by atoms with Gasteiger partial charge < -0.3 is 4.90 Å². The van der Waals surface area contributed by atoms with E-state index in [0.29, 0.717) is 25.2 Å². The SMILES string of the molecule is CC[C@@H](C(=O)N1CCCCC1)N(c1ccc(F)cc1)S(C)(=O)=O. The van der Waals surface area contributed by atoms with Crippen LogP contribution in [0.4, 0.5) is 10.1 Å². The summed E-state index contributed by atoms with van der Waals surface area (Å²) >= 11 is 0. The zero-order valence-electron chi connectivity index (χ0n) is 13.5. The lowest BCUT2D eigenvalue weighted by Crippen LogP contribution is -2.51. The molecule has 0 unspecified atom stereocenters. The molecule has 7 heteroatoms. The highest BCUT2D eigenvalue weighted by molar-refractivity contribution is 7.92. The normalized spacial score (nSPS) is 16.9. The van der Waals surface area contributed by atoms with Crippen molar-refractivity contribution in [2.75, 3.05) is 23.7 Å². The van der Waals surface area contributed by atoms with E-state index in [1.54, 1.807) is 11.8 Å². The van der Waals surface area contributed by atoms with Crippen LogP contribution in [-0.2, 0) is 14.8 Å². The van der Waals surface area contributed by atoms with Crippen LogP contribution in [0.1, 0.15) is 32.6 Å². The average Bonchev–Trinajstić information content (AvgIpc) is 2.53. The van der Waals surface area contributed by atoms with Gasteiger partial charge in [-0.2, -0.15) is 0 Å². The number of anilines is 1. The maximum atomic E-state index is 13.1. The number of amides is 1. The van der Waals surface area contributed by atoms with Gasteiger partial charge in [-0.25, -0.2) is 12.8 Å². The molecule has 1 fully saturated rings. The fourth-order valence-corrected chi connectivity index (χ4v) is 4.16. The number of carbonyl (C=O) groups is 1. The van der Waals surface area contributed by atoms with Gasteiger partial charge in [0.2, 0.25) is 15.9 Å². The number of rotatable bonds is 5. The van der Waals surface area contributed by atoms with Crippen LogP contribution in [0.2, 0.25) is 0 Å². The molecule has 1 amide bonds. The Morgan fingerprint density at radius 1 is 1.22 bits per heavy atom. The molecule has 0 aromatic heterocycles. The van der Waals surface area contributed by atoms with E-state index >= 15 is 0 Å². The highest BCUT2D eigenvalue weighted by atomic mass is 32.2. The number of carbonyl (C=O) groups excluding carboxylic acids is 1. The monoisotopic (exact) mass is 342 g/mol. The van der Waals surface area contributed by atoms with Crippen molar-refractivity contribution in [1.82, 2.24) is 4.90 Å². The number of nitrogens with zero attached hydrogens (tertiary/aromatic N) is 2. The van der Waals surface area contributed by atoms with E-state index in [1.165, 1.54) is 24.3 Å². The van der Waals surface area contributed by atoms with E-state index in [2.05, 4.69) is 0 Å². The van der Waals surface area contributed by atoms with E-state index in [-0.39, 0.29) is 5.91 Å². The molecule has 1 aliphatic rings. The highest BCUT2D eigenvalue weighted by Gasteiger charge is 2.34. The Hall–Kier alpha value is -1.63. The van der Waals surface area contributed by atoms with E-state index in [1.807, 2.05) is 0 Å². The maximum absolute atomic E-state index is 13.1. The van der Waals surface area contributed by atoms with E-state index < -0.39 is 21.9 Å². The lowest BCUT2D eigenvalue weighted by molar-refractivity contribution is -0.133. The molecular weight excluding hydrogens is 319 g/mol. The molecule has 0 bridgehead atoms. The Balaban J connectivity index is 2.35. The molecule has 0 N–H and O–H groups in total. The van der Waals surface area contributed by atoms with Crippen molar-refractivity contribution >= 4 is 21.6 Å². The number of hydrogen-bond acceptors (Lipinski definition) is 3. The third-order valence-electron chi connectivity index (χ3n) is 4.06. The van der Waals surface area contributed by atoms with Gasteiger partial charge in [-0.3, -0.25) is 9.10 Å². The van der Waals surface area contributed by atoms with E-state index in [9.17, 15) is 17.6 Å². The van der Waals surface area contributed by atoms with Crippen molar-refractivity contribution < 1.29 is 17.6 Å². The van der Waals surface area contributed by atoms with Crippen molar-refractivity contribution in [2.45, 2.75) is 38.6 Å². The first-order valence-corrected chi connectivity index (χ1v) is 9.73. The number of likely N-dealkylation sites (tertiary alicyclic amines) is 1. The molecule has 1 heterocycles. The molecule has 5 nitrogen and oxygen atoms in total. The van der Waals surface area contributed by atoms with Gasteiger partial charge in [0.05, 0.1) is 11.9 Å². The molecule has 1 aromatic carbocycles. The molecule has 1 atom stereocenters.